The minimum Gasteiger partial charge on any atom is -0.371 e. The fraction of sp³-hybridized carbons (Fsp3) is 0.500. The number of halogens is 1. The zero-order chi connectivity index (χ0) is 10.8. The third-order valence-corrected chi connectivity index (χ3v) is 3.11. The Balaban J connectivity index is 2.34. The Morgan fingerprint density at radius 1 is 1.53 bits per heavy atom. The van der Waals surface area contributed by atoms with Gasteiger partial charge in [-0.3, -0.25) is 0 Å². The first-order valence-corrected chi connectivity index (χ1v) is 5.50. The van der Waals surface area contributed by atoms with E-state index in [0.717, 1.165) is 25.2 Å². The van der Waals surface area contributed by atoms with Crippen LogP contribution >= 0.6 is 0 Å². The quantitative estimate of drug-likeness (QED) is 0.824. The molecular weight excluding hydrogens is 191 g/mol. The maximum Gasteiger partial charge on any atom is 0.125 e. The lowest BCUT2D eigenvalue weighted by atomic mass is 9.98. The Bertz CT molecular complexity index is 351. The first kappa shape index (κ1) is 10.4. The summed E-state index contributed by atoms with van der Waals surface area (Å²) in [6, 6.07) is 5.08. The molecule has 0 radical (unpaired) electrons. The van der Waals surface area contributed by atoms with Gasteiger partial charge in [0, 0.05) is 24.7 Å². The molecule has 0 saturated carbocycles. The molecule has 1 atom stereocenters. The van der Waals surface area contributed by atoms with Crippen molar-refractivity contribution in [2.24, 2.45) is 5.73 Å². The van der Waals surface area contributed by atoms with Crippen molar-refractivity contribution in [2.75, 3.05) is 24.5 Å². The van der Waals surface area contributed by atoms with Crippen LogP contribution in [0.5, 0.6) is 0 Å². The number of fused-ring (bicyclic) bond motifs is 1. The fourth-order valence-corrected chi connectivity index (χ4v) is 2.35. The first-order valence-electron chi connectivity index (χ1n) is 5.50. The zero-order valence-corrected chi connectivity index (χ0v) is 9.04. The largest absolute Gasteiger partial charge is 0.371 e. The van der Waals surface area contributed by atoms with E-state index >= 15 is 0 Å². The average molecular weight is 208 g/mol. The molecule has 2 nitrogen and oxygen atoms in total. The lowest BCUT2D eigenvalue weighted by molar-refractivity contribution is 0.627. The molecule has 2 rings (SSSR count). The van der Waals surface area contributed by atoms with Crippen LogP contribution in [-0.2, 0) is 0 Å². The van der Waals surface area contributed by atoms with Crippen molar-refractivity contribution in [3.05, 3.63) is 29.6 Å². The highest BCUT2D eigenvalue weighted by Gasteiger charge is 2.27. The molecule has 1 aromatic carbocycles. The molecule has 1 unspecified atom stereocenters. The van der Waals surface area contributed by atoms with Gasteiger partial charge in [0.1, 0.15) is 5.82 Å². The SMILES string of the molecule is CCN1CC(CCN)c2ccc(F)cc21. The van der Waals surface area contributed by atoms with Crippen molar-refractivity contribution in [2.45, 2.75) is 19.3 Å². The second-order valence-electron chi connectivity index (χ2n) is 4.02. The molecule has 15 heavy (non-hydrogen) atoms. The standard InChI is InChI=1S/C12H17FN2/c1-2-15-8-9(5-6-14)11-4-3-10(13)7-12(11)15/h3-4,7,9H,2,5-6,8,14H2,1H3. The molecule has 1 aromatic rings. The zero-order valence-electron chi connectivity index (χ0n) is 9.04. The van der Waals surface area contributed by atoms with Crippen LogP contribution in [0.15, 0.2) is 18.2 Å². The summed E-state index contributed by atoms with van der Waals surface area (Å²) in [5.41, 5.74) is 7.89. The molecule has 2 N–H and O–H groups in total. The molecule has 1 heterocycles. The number of hydrogen-bond donors (Lipinski definition) is 1. The van der Waals surface area contributed by atoms with E-state index in [4.69, 9.17) is 5.73 Å². The predicted molar refractivity (Wildman–Crippen MR) is 60.7 cm³/mol. The first-order chi connectivity index (χ1) is 7.26. The Kier molecular flexibility index (Phi) is 2.91. The summed E-state index contributed by atoms with van der Waals surface area (Å²) in [5.74, 6) is 0.325. The van der Waals surface area contributed by atoms with E-state index < -0.39 is 0 Å². The molecule has 1 aliphatic heterocycles. The van der Waals surface area contributed by atoms with Crippen molar-refractivity contribution >= 4 is 5.69 Å². The molecule has 0 fully saturated rings. The van der Waals surface area contributed by atoms with Gasteiger partial charge < -0.3 is 10.6 Å². The number of nitrogens with zero attached hydrogens (tertiary/aromatic N) is 1. The summed E-state index contributed by atoms with van der Waals surface area (Å²) in [4.78, 5) is 2.22. The number of likely N-dealkylation sites (N-methyl/N-ethyl adjacent to an activating group) is 1. The van der Waals surface area contributed by atoms with Gasteiger partial charge in [-0.25, -0.2) is 4.39 Å². The Hall–Kier alpha value is -1.09. The summed E-state index contributed by atoms with van der Waals surface area (Å²) in [7, 11) is 0. The number of benzene rings is 1. The molecule has 82 valence electrons. The topological polar surface area (TPSA) is 29.3 Å². The average Bonchev–Trinajstić information content (AvgIpc) is 2.56. The molecule has 0 aromatic heterocycles. The lowest BCUT2D eigenvalue weighted by Crippen LogP contribution is -2.21. The Morgan fingerprint density at radius 3 is 3.00 bits per heavy atom. The van der Waals surface area contributed by atoms with E-state index in [1.807, 2.05) is 6.07 Å². The predicted octanol–water partition coefficient (Wildman–Crippen LogP) is 2.10. The molecule has 1 aliphatic rings. The molecule has 0 amide bonds. The van der Waals surface area contributed by atoms with Crippen molar-refractivity contribution in [3.8, 4) is 0 Å². The van der Waals surface area contributed by atoms with E-state index in [0.29, 0.717) is 12.5 Å². The van der Waals surface area contributed by atoms with Gasteiger partial charge in [0.05, 0.1) is 0 Å². The third-order valence-electron chi connectivity index (χ3n) is 3.11. The van der Waals surface area contributed by atoms with Crippen LogP contribution in [0.2, 0.25) is 0 Å². The van der Waals surface area contributed by atoms with Crippen LogP contribution in [0.1, 0.15) is 24.8 Å². The van der Waals surface area contributed by atoms with Gasteiger partial charge in [-0.2, -0.15) is 0 Å². The Labute approximate surface area is 89.9 Å². The molecule has 3 heteroatoms. The number of hydrogen-bond acceptors (Lipinski definition) is 2. The second-order valence-corrected chi connectivity index (χ2v) is 4.02. The number of rotatable bonds is 3. The normalized spacial score (nSPS) is 19.4. The minimum absolute atomic E-state index is 0.152. The fourth-order valence-electron chi connectivity index (χ4n) is 2.35. The van der Waals surface area contributed by atoms with Crippen LogP contribution in [0, 0.1) is 5.82 Å². The summed E-state index contributed by atoms with van der Waals surface area (Å²) < 4.78 is 13.1. The van der Waals surface area contributed by atoms with Crippen LogP contribution in [0.4, 0.5) is 10.1 Å². The van der Waals surface area contributed by atoms with E-state index in [1.165, 1.54) is 5.56 Å². The van der Waals surface area contributed by atoms with Gasteiger partial charge >= 0.3 is 0 Å². The molecule has 0 spiro atoms. The highest BCUT2D eigenvalue weighted by molar-refractivity contribution is 5.60. The third kappa shape index (κ3) is 1.84. The van der Waals surface area contributed by atoms with E-state index in [1.54, 1.807) is 12.1 Å². The van der Waals surface area contributed by atoms with Crippen LogP contribution in [-0.4, -0.2) is 19.6 Å². The second kappa shape index (κ2) is 4.19. The monoisotopic (exact) mass is 208 g/mol. The summed E-state index contributed by atoms with van der Waals surface area (Å²) >= 11 is 0. The van der Waals surface area contributed by atoms with Crippen LogP contribution in [0.3, 0.4) is 0 Å². The van der Waals surface area contributed by atoms with Gasteiger partial charge in [-0.1, -0.05) is 6.07 Å². The maximum atomic E-state index is 13.1. The summed E-state index contributed by atoms with van der Waals surface area (Å²) in [6.45, 7) is 4.70. The maximum absolute atomic E-state index is 13.1. The smallest absolute Gasteiger partial charge is 0.125 e. The van der Waals surface area contributed by atoms with E-state index in [2.05, 4.69) is 11.8 Å². The number of nitrogens with two attached hydrogens (primary N) is 1. The Morgan fingerprint density at radius 2 is 2.33 bits per heavy atom. The van der Waals surface area contributed by atoms with Crippen molar-refractivity contribution in [3.63, 3.8) is 0 Å². The van der Waals surface area contributed by atoms with Gasteiger partial charge in [0.15, 0.2) is 0 Å². The van der Waals surface area contributed by atoms with Gasteiger partial charge in [-0.15, -0.1) is 0 Å². The molecule has 0 aliphatic carbocycles. The van der Waals surface area contributed by atoms with Crippen LogP contribution < -0.4 is 10.6 Å². The van der Waals surface area contributed by atoms with Gasteiger partial charge in [-0.05, 0) is 37.6 Å². The van der Waals surface area contributed by atoms with E-state index in [-0.39, 0.29) is 5.82 Å². The molecule has 0 bridgehead atoms. The van der Waals surface area contributed by atoms with Crippen molar-refractivity contribution < 1.29 is 4.39 Å². The van der Waals surface area contributed by atoms with E-state index in [9.17, 15) is 4.39 Å². The summed E-state index contributed by atoms with van der Waals surface area (Å²) in [6.07, 6.45) is 0.981. The van der Waals surface area contributed by atoms with Gasteiger partial charge in [0.2, 0.25) is 0 Å². The van der Waals surface area contributed by atoms with Gasteiger partial charge in [0.25, 0.3) is 0 Å². The highest BCUT2D eigenvalue weighted by atomic mass is 19.1. The van der Waals surface area contributed by atoms with Crippen molar-refractivity contribution in [1.29, 1.82) is 0 Å². The highest BCUT2D eigenvalue weighted by Crippen LogP contribution is 2.37. The van der Waals surface area contributed by atoms with Crippen molar-refractivity contribution in [1.82, 2.24) is 0 Å². The molecule has 0 saturated heterocycles. The molecular formula is C12H17FN2. The van der Waals surface area contributed by atoms with Crippen LogP contribution in [0.25, 0.3) is 0 Å². The number of anilines is 1. The lowest BCUT2D eigenvalue weighted by Gasteiger charge is -2.16. The minimum atomic E-state index is -0.152. The summed E-state index contributed by atoms with van der Waals surface area (Å²) in [5, 5.41) is 0.